The van der Waals surface area contributed by atoms with Crippen LogP contribution >= 0.6 is 11.8 Å². The molecule has 3 rings (SSSR count). The lowest BCUT2D eigenvalue weighted by Gasteiger charge is -2.18. The largest absolute Gasteiger partial charge is 0.493 e. The fourth-order valence-corrected chi connectivity index (χ4v) is 4.10. The number of aliphatic imine (C=N–C) groups is 1. The van der Waals surface area contributed by atoms with Gasteiger partial charge in [-0.05, 0) is 35.7 Å². The van der Waals surface area contributed by atoms with Crippen LogP contribution in [0.4, 0.5) is 0 Å². The van der Waals surface area contributed by atoms with Crippen LogP contribution in [0.2, 0.25) is 0 Å². The van der Waals surface area contributed by atoms with E-state index in [1.54, 1.807) is 30.9 Å². The van der Waals surface area contributed by atoms with Crippen molar-refractivity contribution in [2.75, 3.05) is 27.3 Å². The van der Waals surface area contributed by atoms with Crippen molar-refractivity contribution in [3.8, 4) is 11.5 Å². The van der Waals surface area contributed by atoms with Gasteiger partial charge in [-0.1, -0.05) is 42.1 Å². The van der Waals surface area contributed by atoms with E-state index >= 15 is 0 Å². The van der Waals surface area contributed by atoms with Gasteiger partial charge in [-0.25, -0.2) is 0 Å². The molecule has 2 aromatic carbocycles. The predicted octanol–water partition coefficient (Wildman–Crippen LogP) is 3.69. The van der Waals surface area contributed by atoms with Gasteiger partial charge in [-0.3, -0.25) is 14.7 Å². The molecule has 5 nitrogen and oxygen atoms in total. The van der Waals surface area contributed by atoms with Crippen LogP contribution < -0.4 is 9.47 Å². The summed E-state index contributed by atoms with van der Waals surface area (Å²) in [6.45, 7) is 3.41. The Bertz CT molecular complexity index is 851. The summed E-state index contributed by atoms with van der Waals surface area (Å²) in [6, 6.07) is 13.9. The van der Waals surface area contributed by atoms with E-state index in [0.29, 0.717) is 31.0 Å². The third kappa shape index (κ3) is 4.63. The molecular formula is C21H24N2O3S. The van der Waals surface area contributed by atoms with Gasteiger partial charge in [0, 0.05) is 12.3 Å². The first kappa shape index (κ1) is 19.3. The SMILES string of the molecule is COc1ccc(CC(=O)N2CCN=C2SCc2ccccc2C)cc1OC. The summed E-state index contributed by atoms with van der Waals surface area (Å²) in [7, 11) is 3.19. The third-order valence-electron chi connectivity index (χ3n) is 4.52. The van der Waals surface area contributed by atoms with E-state index in [1.807, 2.05) is 30.3 Å². The highest BCUT2D eigenvalue weighted by Crippen LogP contribution is 2.28. The lowest BCUT2D eigenvalue weighted by molar-refractivity contribution is -0.126. The van der Waals surface area contributed by atoms with Crippen LogP contribution in [0.25, 0.3) is 0 Å². The van der Waals surface area contributed by atoms with Crippen molar-refractivity contribution in [1.82, 2.24) is 4.90 Å². The Morgan fingerprint density at radius 2 is 1.93 bits per heavy atom. The topological polar surface area (TPSA) is 51.1 Å². The normalized spacial score (nSPS) is 13.4. The van der Waals surface area contributed by atoms with Crippen LogP contribution in [0.1, 0.15) is 16.7 Å². The molecular weight excluding hydrogens is 360 g/mol. The summed E-state index contributed by atoms with van der Waals surface area (Å²) >= 11 is 1.62. The Kier molecular flexibility index (Phi) is 6.40. The minimum absolute atomic E-state index is 0.0516. The molecule has 1 aliphatic heterocycles. The number of carbonyl (C=O) groups excluding carboxylic acids is 1. The highest BCUT2D eigenvalue weighted by atomic mass is 32.2. The summed E-state index contributed by atoms with van der Waals surface area (Å²) in [4.78, 5) is 19.1. The van der Waals surface area contributed by atoms with Gasteiger partial charge in [0.05, 0.1) is 27.2 Å². The van der Waals surface area contributed by atoms with E-state index in [4.69, 9.17) is 9.47 Å². The van der Waals surface area contributed by atoms with Crippen molar-refractivity contribution < 1.29 is 14.3 Å². The van der Waals surface area contributed by atoms with Crippen LogP contribution in [0, 0.1) is 6.92 Å². The van der Waals surface area contributed by atoms with E-state index in [1.165, 1.54) is 11.1 Å². The molecule has 1 amide bonds. The van der Waals surface area contributed by atoms with Crippen LogP contribution in [0.3, 0.4) is 0 Å². The Morgan fingerprint density at radius 1 is 1.15 bits per heavy atom. The van der Waals surface area contributed by atoms with Crippen LogP contribution in [-0.4, -0.2) is 43.3 Å². The van der Waals surface area contributed by atoms with E-state index < -0.39 is 0 Å². The second-order valence-electron chi connectivity index (χ2n) is 6.29. The number of hydrogen-bond donors (Lipinski definition) is 0. The van der Waals surface area contributed by atoms with E-state index in [2.05, 4.69) is 24.0 Å². The van der Waals surface area contributed by atoms with Gasteiger partial charge >= 0.3 is 0 Å². The molecule has 1 heterocycles. The molecule has 0 aliphatic carbocycles. The maximum absolute atomic E-state index is 12.8. The van der Waals surface area contributed by atoms with Gasteiger partial charge in [0.15, 0.2) is 16.7 Å². The number of ether oxygens (including phenoxy) is 2. The minimum Gasteiger partial charge on any atom is -0.493 e. The summed E-state index contributed by atoms with van der Waals surface area (Å²) in [5.74, 6) is 2.15. The average molecular weight is 385 g/mol. The maximum Gasteiger partial charge on any atom is 0.233 e. The Balaban J connectivity index is 1.64. The molecule has 0 saturated carbocycles. The summed E-state index contributed by atoms with van der Waals surface area (Å²) < 4.78 is 10.6. The number of aryl methyl sites for hydroxylation is 1. The number of hydrogen-bond acceptors (Lipinski definition) is 5. The zero-order valence-electron chi connectivity index (χ0n) is 15.9. The fraction of sp³-hybridized carbons (Fsp3) is 0.333. The van der Waals surface area contributed by atoms with Crippen molar-refractivity contribution in [2.24, 2.45) is 4.99 Å². The van der Waals surface area contributed by atoms with Gasteiger partial charge < -0.3 is 9.47 Å². The van der Waals surface area contributed by atoms with Crippen molar-refractivity contribution in [3.05, 3.63) is 59.2 Å². The molecule has 0 saturated heterocycles. The molecule has 0 spiro atoms. The summed E-state index contributed by atoms with van der Waals surface area (Å²) in [5.41, 5.74) is 3.42. The fourth-order valence-electron chi connectivity index (χ4n) is 2.96. The monoisotopic (exact) mass is 384 g/mol. The number of thioether (sulfide) groups is 1. The van der Waals surface area contributed by atoms with E-state index in [-0.39, 0.29) is 5.91 Å². The Hall–Kier alpha value is -2.47. The highest BCUT2D eigenvalue weighted by molar-refractivity contribution is 8.13. The van der Waals surface area contributed by atoms with Gasteiger partial charge in [-0.15, -0.1) is 0 Å². The second kappa shape index (κ2) is 8.95. The first-order chi connectivity index (χ1) is 13.1. The predicted molar refractivity (Wildman–Crippen MR) is 110 cm³/mol. The number of carbonyl (C=O) groups is 1. The number of amidine groups is 1. The standard InChI is InChI=1S/C21H24N2O3S/c1-15-6-4-5-7-17(15)14-27-21-22-10-11-23(21)20(24)13-16-8-9-18(25-2)19(12-16)26-3/h4-9,12H,10-11,13-14H2,1-3H3. The van der Waals surface area contributed by atoms with Crippen LogP contribution in [0.15, 0.2) is 47.5 Å². The van der Waals surface area contributed by atoms with Crippen LogP contribution in [0.5, 0.6) is 11.5 Å². The molecule has 6 heteroatoms. The molecule has 0 N–H and O–H groups in total. The maximum atomic E-state index is 12.8. The molecule has 2 aromatic rings. The molecule has 142 valence electrons. The molecule has 27 heavy (non-hydrogen) atoms. The molecule has 0 unspecified atom stereocenters. The van der Waals surface area contributed by atoms with Crippen molar-refractivity contribution >= 4 is 22.8 Å². The lowest BCUT2D eigenvalue weighted by atomic mass is 10.1. The zero-order chi connectivity index (χ0) is 19.2. The quantitative estimate of drug-likeness (QED) is 0.762. The number of nitrogens with zero attached hydrogens (tertiary/aromatic N) is 2. The molecule has 0 bridgehead atoms. The first-order valence-electron chi connectivity index (χ1n) is 8.85. The van der Waals surface area contributed by atoms with Gasteiger partial charge in [0.25, 0.3) is 0 Å². The zero-order valence-corrected chi connectivity index (χ0v) is 16.7. The minimum atomic E-state index is 0.0516. The third-order valence-corrected chi connectivity index (χ3v) is 5.59. The van der Waals surface area contributed by atoms with Gasteiger partial charge in [-0.2, -0.15) is 0 Å². The number of amides is 1. The van der Waals surface area contributed by atoms with E-state index in [9.17, 15) is 4.79 Å². The molecule has 1 aliphatic rings. The Morgan fingerprint density at radius 3 is 2.67 bits per heavy atom. The van der Waals surface area contributed by atoms with Gasteiger partial charge in [0.2, 0.25) is 5.91 Å². The molecule has 0 aromatic heterocycles. The Labute approximate surface area is 164 Å². The number of methoxy groups -OCH3 is 2. The van der Waals surface area contributed by atoms with Crippen molar-refractivity contribution in [1.29, 1.82) is 0 Å². The summed E-state index contributed by atoms with van der Waals surface area (Å²) in [5, 5.41) is 0.809. The van der Waals surface area contributed by atoms with E-state index in [0.717, 1.165) is 16.5 Å². The number of rotatable bonds is 6. The molecule has 0 fully saturated rings. The van der Waals surface area contributed by atoms with Crippen LogP contribution in [-0.2, 0) is 17.0 Å². The second-order valence-corrected chi connectivity index (χ2v) is 7.23. The summed E-state index contributed by atoms with van der Waals surface area (Å²) in [6.07, 6.45) is 0.310. The number of benzene rings is 2. The average Bonchev–Trinajstić information content (AvgIpc) is 3.16. The van der Waals surface area contributed by atoms with Gasteiger partial charge in [0.1, 0.15) is 0 Å². The van der Waals surface area contributed by atoms with Crippen molar-refractivity contribution in [3.63, 3.8) is 0 Å². The molecule has 0 atom stereocenters. The lowest BCUT2D eigenvalue weighted by Crippen LogP contribution is -2.34. The molecule has 0 radical (unpaired) electrons. The highest BCUT2D eigenvalue weighted by Gasteiger charge is 2.24. The smallest absolute Gasteiger partial charge is 0.233 e. The van der Waals surface area contributed by atoms with Crippen molar-refractivity contribution in [2.45, 2.75) is 19.1 Å². The first-order valence-corrected chi connectivity index (χ1v) is 9.84.